The zero-order valence-corrected chi connectivity index (χ0v) is 15.9. The highest BCUT2D eigenvalue weighted by molar-refractivity contribution is 6.30. The van der Waals surface area contributed by atoms with E-state index >= 15 is 0 Å². The molecule has 1 aliphatic rings. The number of anilines is 2. The number of rotatable bonds is 4. The van der Waals surface area contributed by atoms with Crippen LogP contribution in [-0.2, 0) is 0 Å². The normalized spacial score (nSPS) is 14.5. The number of hydrogen-bond donors (Lipinski definition) is 1. The minimum atomic E-state index is -0.0845. The van der Waals surface area contributed by atoms with Gasteiger partial charge in [0.15, 0.2) is 0 Å². The van der Waals surface area contributed by atoms with Gasteiger partial charge in [0.05, 0.1) is 11.8 Å². The van der Waals surface area contributed by atoms with Crippen molar-refractivity contribution >= 4 is 29.0 Å². The molecule has 1 aliphatic heterocycles. The molecule has 3 rings (SSSR count). The summed E-state index contributed by atoms with van der Waals surface area (Å²) in [4.78, 5) is 16.5. The van der Waals surface area contributed by atoms with Crippen LogP contribution in [0.4, 0.5) is 16.2 Å². The van der Waals surface area contributed by atoms with Gasteiger partial charge in [-0.15, -0.1) is 0 Å². The van der Waals surface area contributed by atoms with Gasteiger partial charge in [-0.25, -0.2) is 4.79 Å². The van der Waals surface area contributed by atoms with E-state index in [0.29, 0.717) is 18.1 Å². The van der Waals surface area contributed by atoms with Crippen LogP contribution in [0.3, 0.4) is 0 Å². The standard InChI is InChI=1S/C20H24ClN3O2/c1-15(2)26-19-6-4-3-5-18(19)23-11-13-24(14-12-23)20(25)22-17-9-7-16(21)8-10-17/h3-10,15H,11-14H2,1-2H3,(H,22,25). The van der Waals surface area contributed by atoms with Crippen LogP contribution in [0.15, 0.2) is 48.5 Å². The number of nitrogens with zero attached hydrogens (tertiary/aromatic N) is 2. The molecule has 0 aliphatic carbocycles. The number of piperazine rings is 1. The number of ether oxygens (including phenoxy) is 1. The van der Waals surface area contributed by atoms with Crippen molar-refractivity contribution in [3.8, 4) is 5.75 Å². The van der Waals surface area contributed by atoms with Crippen LogP contribution in [0, 0.1) is 0 Å². The molecule has 0 spiro atoms. The topological polar surface area (TPSA) is 44.8 Å². The molecule has 0 aromatic heterocycles. The van der Waals surface area contributed by atoms with E-state index in [1.54, 1.807) is 24.3 Å². The summed E-state index contributed by atoms with van der Waals surface area (Å²) < 4.78 is 5.92. The van der Waals surface area contributed by atoms with Gasteiger partial charge in [0.2, 0.25) is 0 Å². The van der Waals surface area contributed by atoms with E-state index in [4.69, 9.17) is 16.3 Å². The molecule has 1 saturated heterocycles. The lowest BCUT2D eigenvalue weighted by atomic mass is 10.2. The first kappa shape index (κ1) is 18.4. The highest BCUT2D eigenvalue weighted by Crippen LogP contribution is 2.29. The van der Waals surface area contributed by atoms with Crippen LogP contribution in [0.1, 0.15) is 13.8 Å². The third-order valence-electron chi connectivity index (χ3n) is 4.23. The Morgan fingerprint density at radius 1 is 1.04 bits per heavy atom. The van der Waals surface area contributed by atoms with Gasteiger partial charge in [0, 0.05) is 36.9 Å². The third-order valence-corrected chi connectivity index (χ3v) is 4.48. The molecule has 2 aromatic carbocycles. The molecular formula is C20H24ClN3O2. The van der Waals surface area contributed by atoms with Gasteiger partial charge in [0.25, 0.3) is 0 Å². The average Bonchev–Trinajstić information content (AvgIpc) is 2.64. The largest absolute Gasteiger partial charge is 0.489 e. The monoisotopic (exact) mass is 373 g/mol. The molecule has 2 amide bonds. The molecule has 138 valence electrons. The number of para-hydroxylation sites is 2. The van der Waals surface area contributed by atoms with Crippen LogP contribution in [0.25, 0.3) is 0 Å². The van der Waals surface area contributed by atoms with Crippen molar-refractivity contribution < 1.29 is 9.53 Å². The number of carbonyl (C=O) groups is 1. The van der Waals surface area contributed by atoms with E-state index < -0.39 is 0 Å². The zero-order chi connectivity index (χ0) is 18.5. The second-order valence-corrected chi connectivity index (χ2v) is 6.98. The van der Waals surface area contributed by atoms with Crippen molar-refractivity contribution in [1.29, 1.82) is 0 Å². The van der Waals surface area contributed by atoms with Gasteiger partial charge in [-0.3, -0.25) is 0 Å². The first-order chi connectivity index (χ1) is 12.5. The Morgan fingerprint density at radius 3 is 2.35 bits per heavy atom. The quantitative estimate of drug-likeness (QED) is 0.859. The average molecular weight is 374 g/mol. The van der Waals surface area contributed by atoms with Crippen molar-refractivity contribution in [2.45, 2.75) is 20.0 Å². The summed E-state index contributed by atoms with van der Waals surface area (Å²) in [7, 11) is 0. The number of benzene rings is 2. The molecule has 1 fully saturated rings. The van der Waals surface area contributed by atoms with E-state index in [1.165, 1.54) is 0 Å². The van der Waals surface area contributed by atoms with E-state index in [9.17, 15) is 4.79 Å². The zero-order valence-electron chi connectivity index (χ0n) is 15.1. The Balaban J connectivity index is 1.59. The Kier molecular flexibility index (Phi) is 5.89. The van der Waals surface area contributed by atoms with Gasteiger partial charge >= 0.3 is 6.03 Å². The first-order valence-electron chi connectivity index (χ1n) is 8.85. The first-order valence-corrected chi connectivity index (χ1v) is 9.23. The van der Waals surface area contributed by atoms with Crippen LogP contribution < -0.4 is 15.0 Å². The van der Waals surface area contributed by atoms with E-state index in [0.717, 1.165) is 30.2 Å². The fourth-order valence-electron chi connectivity index (χ4n) is 2.96. The predicted molar refractivity (Wildman–Crippen MR) is 106 cm³/mol. The molecule has 0 atom stereocenters. The van der Waals surface area contributed by atoms with Crippen LogP contribution in [-0.4, -0.2) is 43.2 Å². The molecule has 1 heterocycles. The second-order valence-electron chi connectivity index (χ2n) is 6.55. The van der Waals surface area contributed by atoms with E-state index in [2.05, 4.69) is 16.3 Å². The van der Waals surface area contributed by atoms with Crippen LogP contribution in [0.2, 0.25) is 5.02 Å². The maximum atomic E-state index is 12.4. The lowest BCUT2D eigenvalue weighted by molar-refractivity contribution is 0.207. The molecule has 0 saturated carbocycles. The van der Waals surface area contributed by atoms with Gasteiger partial charge in [-0.1, -0.05) is 23.7 Å². The van der Waals surface area contributed by atoms with Crippen LogP contribution in [0.5, 0.6) is 5.75 Å². The van der Waals surface area contributed by atoms with Crippen molar-refractivity contribution in [2.24, 2.45) is 0 Å². The number of carbonyl (C=O) groups excluding carboxylic acids is 1. The van der Waals surface area contributed by atoms with Gasteiger partial charge in [-0.05, 0) is 50.2 Å². The summed E-state index contributed by atoms with van der Waals surface area (Å²) in [6, 6.07) is 15.1. The van der Waals surface area contributed by atoms with Crippen molar-refractivity contribution in [1.82, 2.24) is 4.90 Å². The van der Waals surface area contributed by atoms with E-state index in [-0.39, 0.29) is 12.1 Å². The van der Waals surface area contributed by atoms with Crippen molar-refractivity contribution in [2.75, 3.05) is 36.4 Å². The summed E-state index contributed by atoms with van der Waals surface area (Å²) in [5.74, 6) is 0.890. The molecule has 1 N–H and O–H groups in total. The molecule has 2 aromatic rings. The molecular weight excluding hydrogens is 350 g/mol. The van der Waals surface area contributed by atoms with Gasteiger partial charge < -0.3 is 19.9 Å². The molecule has 6 heteroatoms. The highest BCUT2D eigenvalue weighted by atomic mass is 35.5. The minimum absolute atomic E-state index is 0.0845. The Morgan fingerprint density at radius 2 is 1.69 bits per heavy atom. The Bertz CT molecular complexity index is 741. The molecule has 5 nitrogen and oxygen atoms in total. The Hall–Kier alpha value is -2.40. The highest BCUT2D eigenvalue weighted by Gasteiger charge is 2.23. The summed E-state index contributed by atoms with van der Waals surface area (Å²) in [6.45, 7) is 6.91. The molecule has 0 bridgehead atoms. The number of halogens is 1. The lowest BCUT2D eigenvalue weighted by Gasteiger charge is -2.36. The maximum absolute atomic E-state index is 12.4. The van der Waals surface area contributed by atoms with Gasteiger partial charge in [0.1, 0.15) is 5.75 Å². The van der Waals surface area contributed by atoms with Crippen LogP contribution >= 0.6 is 11.6 Å². The SMILES string of the molecule is CC(C)Oc1ccccc1N1CCN(C(=O)Nc2ccc(Cl)cc2)CC1. The fraction of sp³-hybridized carbons (Fsp3) is 0.350. The summed E-state index contributed by atoms with van der Waals surface area (Å²) in [5, 5.41) is 3.57. The molecule has 26 heavy (non-hydrogen) atoms. The van der Waals surface area contributed by atoms with Gasteiger partial charge in [-0.2, -0.15) is 0 Å². The molecule has 0 radical (unpaired) electrons. The Labute approximate surface area is 159 Å². The molecule has 0 unspecified atom stereocenters. The second kappa shape index (κ2) is 8.32. The maximum Gasteiger partial charge on any atom is 0.321 e. The van der Waals surface area contributed by atoms with Crippen molar-refractivity contribution in [3.63, 3.8) is 0 Å². The summed E-state index contributed by atoms with van der Waals surface area (Å²) in [5.41, 5.74) is 1.83. The summed E-state index contributed by atoms with van der Waals surface area (Å²) in [6.07, 6.45) is 0.127. The summed E-state index contributed by atoms with van der Waals surface area (Å²) >= 11 is 5.88. The fourth-order valence-corrected chi connectivity index (χ4v) is 3.08. The minimum Gasteiger partial charge on any atom is -0.489 e. The lowest BCUT2D eigenvalue weighted by Crippen LogP contribution is -2.50. The van der Waals surface area contributed by atoms with E-state index in [1.807, 2.05) is 36.9 Å². The number of nitrogens with one attached hydrogen (secondary N) is 1. The smallest absolute Gasteiger partial charge is 0.321 e. The third kappa shape index (κ3) is 4.61. The number of hydrogen-bond acceptors (Lipinski definition) is 3. The predicted octanol–water partition coefficient (Wildman–Crippen LogP) is 4.48. The van der Waals surface area contributed by atoms with Crippen molar-refractivity contribution in [3.05, 3.63) is 53.6 Å². The number of amides is 2. The number of urea groups is 1.